The van der Waals surface area contributed by atoms with Crippen molar-refractivity contribution in [3.63, 3.8) is 0 Å². The Hall–Kier alpha value is -1.47. The van der Waals surface area contributed by atoms with Gasteiger partial charge in [0, 0.05) is 5.41 Å². The maximum atomic E-state index is 14.9. The molecular weight excluding hydrogens is 868 g/mol. The largest absolute Gasteiger partial charge is 0.432 e. The summed E-state index contributed by atoms with van der Waals surface area (Å²) in [7, 11) is 0. The first kappa shape index (κ1) is 49.5. The zero-order valence-corrected chi connectivity index (χ0v) is 38.5. The van der Waals surface area contributed by atoms with Crippen LogP contribution in [0.2, 0.25) is 0 Å². The Morgan fingerprint density at radius 3 is 2.09 bits per heavy atom. The van der Waals surface area contributed by atoms with Crippen LogP contribution in [0.5, 0.6) is 0 Å². The molecule has 12 N–H and O–H groups in total. The number of hydrogen-bond acceptors (Lipinski definition) is 19. The van der Waals surface area contributed by atoms with Gasteiger partial charge in [0.15, 0.2) is 12.6 Å². The van der Waals surface area contributed by atoms with Crippen LogP contribution in [0, 0.1) is 56.7 Å². The molecule has 0 bridgehead atoms. The number of carbonyl (C=O) groups is 1. The van der Waals surface area contributed by atoms with E-state index in [0.717, 1.165) is 38.5 Å². The number of hydrogen-bond donors (Lipinski definition) is 12. The molecule has 0 radical (unpaired) electrons. The lowest BCUT2D eigenvalue weighted by Gasteiger charge is -2.65. The quantitative estimate of drug-likeness (QED) is 0.0909. The third kappa shape index (κ3) is 7.11. The van der Waals surface area contributed by atoms with Gasteiger partial charge < -0.3 is 89.7 Å². The van der Waals surface area contributed by atoms with E-state index in [-0.39, 0.29) is 46.5 Å². The van der Waals surface area contributed by atoms with Crippen LogP contribution >= 0.6 is 0 Å². The Morgan fingerprint density at radius 1 is 0.727 bits per heavy atom. The molecule has 3 heterocycles. The van der Waals surface area contributed by atoms with E-state index < -0.39 is 134 Å². The van der Waals surface area contributed by atoms with Gasteiger partial charge in [0.25, 0.3) is 0 Å². The molecule has 66 heavy (non-hydrogen) atoms. The zero-order chi connectivity index (χ0) is 47.8. The highest BCUT2D eigenvalue weighted by molar-refractivity contribution is 5.79. The Kier molecular flexibility index (Phi) is 13.0. The molecule has 5 saturated carbocycles. The van der Waals surface area contributed by atoms with Crippen molar-refractivity contribution < 1.29 is 94.5 Å². The number of aliphatic hydroxyl groups excluding tert-OH is 12. The highest BCUT2D eigenvalue weighted by atomic mass is 16.8. The molecule has 9 aliphatic rings. The fraction of sp³-hybridized carbons (Fsp3) is 0.936. The average molecular weight is 943 g/mol. The van der Waals surface area contributed by atoms with E-state index in [1.54, 1.807) is 0 Å². The van der Waals surface area contributed by atoms with Crippen LogP contribution in [0.25, 0.3) is 0 Å². The van der Waals surface area contributed by atoms with Gasteiger partial charge in [-0.3, -0.25) is 4.79 Å². The number of rotatable bonds is 9. The fourth-order valence-corrected chi connectivity index (χ4v) is 15.6. The van der Waals surface area contributed by atoms with Crippen molar-refractivity contribution in [3.8, 4) is 0 Å². The molecule has 0 aromatic heterocycles. The lowest BCUT2D eigenvalue weighted by molar-refractivity contribution is -0.361. The van der Waals surface area contributed by atoms with Gasteiger partial charge in [0.1, 0.15) is 67.1 Å². The van der Waals surface area contributed by atoms with Crippen LogP contribution in [0.4, 0.5) is 0 Å². The van der Waals surface area contributed by atoms with E-state index in [0.29, 0.717) is 25.2 Å². The summed E-state index contributed by atoms with van der Waals surface area (Å²) >= 11 is 0. The van der Waals surface area contributed by atoms with Gasteiger partial charge in [-0.15, -0.1) is 0 Å². The molecule has 19 nitrogen and oxygen atoms in total. The smallest absolute Gasteiger partial charge is 0.315 e. The normalized spacial score (nSPS) is 57.8. The maximum Gasteiger partial charge on any atom is 0.315 e. The highest BCUT2D eigenvalue weighted by Crippen LogP contribution is 2.87. The van der Waals surface area contributed by atoms with Gasteiger partial charge in [0.2, 0.25) is 6.29 Å². The maximum absolute atomic E-state index is 14.9. The van der Waals surface area contributed by atoms with Crippen LogP contribution < -0.4 is 0 Å². The Bertz CT molecular complexity index is 1840. The van der Waals surface area contributed by atoms with Crippen LogP contribution in [-0.2, 0) is 33.2 Å². The molecule has 0 aromatic carbocycles. The fourth-order valence-electron chi connectivity index (χ4n) is 15.6. The number of aliphatic hydroxyl groups is 12. The van der Waals surface area contributed by atoms with Crippen molar-refractivity contribution >= 4 is 5.97 Å². The molecule has 8 fully saturated rings. The SMILES string of the molecule is C[C@H]1[C@H](C)CC[C@]2(C(=O)O[C@@H]3O[C@H](CO[C@@H]4O[C@H](CO)[C@@H](O[C@H]5O[C@@H](C)[C@H](O)[C@@H](O)[C@@H]5O)[C@H](O)[C@H]4O)[C@@H](O)[C@H](O)[C@H]3O)CC[C@@]34C[C@@]35CC[C@@H]3[C@@](C)(C[C@@H](O)[C@H](O)[C@]3(C)CO)[C@H]5CC=C4[C@@H]12. The first-order valence-corrected chi connectivity index (χ1v) is 24.2. The molecule has 27 atom stereocenters. The van der Waals surface area contributed by atoms with Crippen LogP contribution in [0.15, 0.2) is 11.6 Å². The van der Waals surface area contributed by atoms with Gasteiger partial charge >= 0.3 is 5.97 Å². The summed E-state index contributed by atoms with van der Waals surface area (Å²) in [5.41, 5.74) is -1.01. The van der Waals surface area contributed by atoms with Crippen LogP contribution in [0.1, 0.15) is 92.4 Å². The van der Waals surface area contributed by atoms with E-state index in [4.69, 9.17) is 28.4 Å². The van der Waals surface area contributed by atoms with E-state index in [2.05, 4.69) is 26.8 Å². The second-order valence-electron chi connectivity index (χ2n) is 22.6. The third-order valence-electron chi connectivity index (χ3n) is 19.6. The minimum Gasteiger partial charge on any atom is -0.432 e. The molecule has 19 heteroatoms. The second-order valence-corrected chi connectivity index (χ2v) is 22.6. The van der Waals surface area contributed by atoms with E-state index in [1.165, 1.54) is 12.5 Å². The standard InChI is InChI=1S/C47H74O19/c1-19-8-10-45(12-13-46-17-47(46)11-9-26-43(4,14-23(50)38(59)44(26,5)18-49)27(47)7-6-22(46)28(45)20(19)2)42(60)66-41-35(57)32(54)30(52)25(64-41)16-61-39-36(58)33(55)37(24(15-48)63-39)65-40-34(56)31(53)29(51)21(3)62-40/h6,19-21,23-41,48-59H,7-18H2,1-5H3/t19-,20+,21+,23-,24-,25-,26-,27-,28-,29+,30-,31-,32+,33-,34+,35-,36-,37-,38+,39-,40-,41+,43-,44-,45+,46+,47-/m1/s1. The summed E-state index contributed by atoms with van der Waals surface area (Å²) < 4.78 is 34.7. The highest BCUT2D eigenvalue weighted by Gasteiger charge is 2.81. The van der Waals surface area contributed by atoms with Crippen molar-refractivity contribution in [3.05, 3.63) is 11.6 Å². The molecule has 3 saturated heterocycles. The van der Waals surface area contributed by atoms with Crippen molar-refractivity contribution in [2.24, 2.45) is 56.7 Å². The van der Waals surface area contributed by atoms with Crippen LogP contribution in [0.3, 0.4) is 0 Å². The molecule has 6 aliphatic carbocycles. The summed E-state index contributed by atoms with van der Waals surface area (Å²) in [6.07, 6.45) is -17.3. The second kappa shape index (κ2) is 17.4. The summed E-state index contributed by atoms with van der Waals surface area (Å²) in [4.78, 5) is 14.9. The van der Waals surface area contributed by atoms with Crippen molar-refractivity contribution in [2.45, 2.75) is 197 Å². The number of fused-ring (bicyclic) bond motifs is 4. The molecule has 2 spiro atoms. The number of allylic oxidation sites excluding steroid dienone is 2. The van der Waals surface area contributed by atoms with Crippen LogP contribution in [-0.4, -0.2) is 191 Å². The summed E-state index contributed by atoms with van der Waals surface area (Å²) in [5.74, 6) is -0.106. The van der Waals surface area contributed by atoms with E-state index in [1.807, 2.05) is 6.92 Å². The average Bonchev–Trinajstić information content (AvgIpc) is 3.96. The predicted molar refractivity (Wildman–Crippen MR) is 225 cm³/mol. The Morgan fingerprint density at radius 2 is 1.39 bits per heavy atom. The topological polar surface area (TPSA) is 315 Å². The van der Waals surface area contributed by atoms with E-state index >= 15 is 0 Å². The Balaban J connectivity index is 0.899. The van der Waals surface area contributed by atoms with Gasteiger partial charge in [-0.25, -0.2) is 0 Å². The number of carbonyl (C=O) groups excluding carboxylic acids is 1. The predicted octanol–water partition coefficient (Wildman–Crippen LogP) is -1.67. The lowest BCUT2D eigenvalue weighted by Crippen LogP contribution is -2.65. The minimum absolute atomic E-state index is 0.0273. The zero-order valence-electron chi connectivity index (χ0n) is 38.5. The van der Waals surface area contributed by atoms with Gasteiger partial charge in [-0.05, 0) is 111 Å². The number of ether oxygens (including phenoxy) is 6. The van der Waals surface area contributed by atoms with Crippen molar-refractivity contribution in [1.29, 1.82) is 0 Å². The monoisotopic (exact) mass is 942 g/mol. The van der Waals surface area contributed by atoms with Gasteiger partial charge in [-0.2, -0.15) is 0 Å². The molecule has 3 aliphatic heterocycles. The Labute approximate surface area is 384 Å². The minimum atomic E-state index is -1.85. The van der Waals surface area contributed by atoms with Gasteiger partial charge in [-0.1, -0.05) is 39.3 Å². The first-order chi connectivity index (χ1) is 31.1. The molecule has 0 amide bonds. The van der Waals surface area contributed by atoms with Crippen molar-refractivity contribution in [1.82, 2.24) is 0 Å². The third-order valence-corrected chi connectivity index (χ3v) is 19.6. The molecule has 0 aromatic rings. The molecule has 0 unspecified atom stereocenters. The summed E-state index contributed by atoms with van der Waals surface area (Å²) in [6.45, 7) is 8.38. The number of esters is 1. The summed E-state index contributed by atoms with van der Waals surface area (Å²) in [5, 5.41) is 129. The first-order valence-electron chi connectivity index (χ1n) is 24.2. The molecular formula is C47H74O19. The lowest BCUT2D eigenvalue weighted by atomic mass is 9.40. The van der Waals surface area contributed by atoms with Gasteiger partial charge in [0.05, 0.1) is 43.5 Å². The molecule has 9 rings (SSSR count). The van der Waals surface area contributed by atoms with Crippen molar-refractivity contribution in [2.75, 3.05) is 19.8 Å². The van der Waals surface area contributed by atoms with E-state index in [9.17, 15) is 66.1 Å². The summed E-state index contributed by atoms with van der Waals surface area (Å²) in [6, 6.07) is 0. The molecule has 376 valence electrons.